The van der Waals surface area contributed by atoms with Crippen molar-refractivity contribution in [2.75, 3.05) is 13.1 Å². The highest BCUT2D eigenvalue weighted by atomic mass is 79.9. The predicted molar refractivity (Wildman–Crippen MR) is 64.3 cm³/mol. The smallest absolute Gasteiger partial charge is 0.251 e. The number of hydrogen-bond acceptors (Lipinski definition) is 2. The van der Waals surface area contributed by atoms with Crippen molar-refractivity contribution < 1.29 is 0 Å². The van der Waals surface area contributed by atoms with Crippen LogP contribution in [0.5, 0.6) is 0 Å². The van der Waals surface area contributed by atoms with Gasteiger partial charge >= 0.3 is 0 Å². The fourth-order valence-electron chi connectivity index (χ4n) is 2.14. The van der Waals surface area contributed by atoms with Crippen molar-refractivity contribution in [1.82, 2.24) is 9.88 Å². The Hall–Kier alpha value is -0.610. The summed E-state index contributed by atoms with van der Waals surface area (Å²) in [4.78, 5) is 11.8. The minimum Gasteiger partial charge on any atom is -0.317 e. The quantitative estimate of drug-likeness (QED) is 0.845. The van der Waals surface area contributed by atoms with Gasteiger partial charge in [-0.3, -0.25) is 4.79 Å². The van der Waals surface area contributed by atoms with Gasteiger partial charge in [0, 0.05) is 22.3 Å². The van der Waals surface area contributed by atoms with Crippen molar-refractivity contribution in [3.05, 3.63) is 32.7 Å². The molecule has 0 saturated carbocycles. The van der Waals surface area contributed by atoms with Gasteiger partial charge in [0.25, 0.3) is 5.56 Å². The number of rotatable bonds is 1. The van der Waals surface area contributed by atoms with Gasteiger partial charge in [-0.15, -0.1) is 0 Å². The number of pyridine rings is 1. The Labute approximate surface area is 97.6 Å². The van der Waals surface area contributed by atoms with Gasteiger partial charge in [0.2, 0.25) is 0 Å². The highest BCUT2D eigenvalue weighted by molar-refractivity contribution is 9.10. The van der Waals surface area contributed by atoms with E-state index in [9.17, 15) is 4.79 Å². The van der Waals surface area contributed by atoms with Crippen LogP contribution in [0.2, 0.25) is 0 Å². The zero-order valence-electron chi connectivity index (χ0n) is 8.79. The zero-order chi connectivity index (χ0) is 10.8. The van der Waals surface area contributed by atoms with E-state index in [1.54, 1.807) is 6.07 Å². The molecule has 0 unspecified atom stereocenters. The molecule has 0 bridgehead atoms. The third kappa shape index (κ3) is 2.16. The van der Waals surface area contributed by atoms with Crippen molar-refractivity contribution in [2.24, 2.45) is 0 Å². The molecular weight excluding hydrogens is 256 g/mol. The second-order valence-electron chi connectivity index (χ2n) is 3.96. The SMILES string of the molecule is Cc1c(Br)ccc(=O)n1C1CCNCC1. The molecule has 0 aliphatic carbocycles. The summed E-state index contributed by atoms with van der Waals surface area (Å²) in [6.45, 7) is 4.00. The molecule has 1 aliphatic rings. The highest BCUT2D eigenvalue weighted by Gasteiger charge is 2.17. The highest BCUT2D eigenvalue weighted by Crippen LogP contribution is 2.22. The first-order chi connectivity index (χ1) is 7.20. The summed E-state index contributed by atoms with van der Waals surface area (Å²) in [6.07, 6.45) is 2.08. The number of halogens is 1. The van der Waals surface area contributed by atoms with Crippen LogP contribution in [0.1, 0.15) is 24.6 Å². The predicted octanol–water partition coefficient (Wildman–Crippen LogP) is 1.84. The second kappa shape index (κ2) is 4.49. The summed E-state index contributed by atoms with van der Waals surface area (Å²) >= 11 is 3.47. The van der Waals surface area contributed by atoms with Crippen molar-refractivity contribution in [3.63, 3.8) is 0 Å². The second-order valence-corrected chi connectivity index (χ2v) is 4.81. The Kier molecular flexibility index (Phi) is 3.26. The van der Waals surface area contributed by atoms with Gasteiger partial charge in [0.15, 0.2) is 0 Å². The van der Waals surface area contributed by atoms with Crippen LogP contribution in [-0.2, 0) is 0 Å². The van der Waals surface area contributed by atoms with Crippen LogP contribution in [0.15, 0.2) is 21.4 Å². The average molecular weight is 271 g/mol. The third-order valence-electron chi connectivity index (χ3n) is 2.99. The van der Waals surface area contributed by atoms with Gasteiger partial charge in [-0.2, -0.15) is 0 Å². The normalized spacial score (nSPS) is 18.0. The molecule has 0 spiro atoms. The Bertz CT molecular complexity index is 408. The van der Waals surface area contributed by atoms with E-state index in [1.165, 1.54) is 0 Å². The van der Waals surface area contributed by atoms with E-state index in [2.05, 4.69) is 21.2 Å². The van der Waals surface area contributed by atoms with Crippen molar-refractivity contribution >= 4 is 15.9 Å². The van der Waals surface area contributed by atoms with Gasteiger partial charge in [-0.05, 0) is 54.9 Å². The van der Waals surface area contributed by atoms with E-state index >= 15 is 0 Å². The Morgan fingerprint density at radius 3 is 2.73 bits per heavy atom. The maximum absolute atomic E-state index is 11.8. The third-order valence-corrected chi connectivity index (χ3v) is 3.83. The number of hydrogen-bond donors (Lipinski definition) is 1. The van der Waals surface area contributed by atoms with E-state index in [0.717, 1.165) is 36.1 Å². The number of nitrogens with one attached hydrogen (secondary N) is 1. The largest absolute Gasteiger partial charge is 0.317 e. The fourth-order valence-corrected chi connectivity index (χ4v) is 2.47. The Balaban J connectivity index is 2.41. The molecule has 0 amide bonds. The van der Waals surface area contributed by atoms with Gasteiger partial charge in [0.1, 0.15) is 0 Å². The lowest BCUT2D eigenvalue weighted by Gasteiger charge is -2.26. The summed E-state index contributed by atoms with van der Waals surface area (Å²) in [5.74, 6) is 0. The first-order valence-electron chi connectivity index (χ1n) is 5.28. The molecule has 0 atom stereocenters. The molecule has 1 aromatic rings. The number of nitrogens with zero attached hydrogens (tertiary/aromatic N) is 1. The maximum atomic E-state index is 11.8. The van der Waals surface area contributed by atoms with Crippen LogP contribution in [0, 0.1) is 6.92 Å². The topological polar surface area (TPSA) is 34.0 Å². The number of piperidine rings is 1. The van der Waals surface area contributed by atoms with Crippen molar-refractivity contribution in [3.8, 4) is 0 Å². The van der Waals surface area contributed by atoms with Gasteiger partial charge < -0.3 is 9.88 Å². The van der Waals surface area contributed by atoms with Crippen molar-refractivity contribution in [2.45, 2.75) is 25.8 Å². The van der Waals surface area contributed by atoms with Crippen LogP contribution in [-0.4, -0.2) is 17.7 Å². The maximum Gasteiger partial charge on any atom is 0.251 e. The summed E-state index contributed by atoms with van der Waals surface area (Å²) in [7, 11) is 0. The molecule has 0 radical (unpaired) electrons. The summed E-state index contributed by atoms with van der Waals surface area (Å²) in [5.41, 5.74) is 1.15. The van der Waals surface area contributed by atoms with E-state index in [-0.39, 0.29) is 5.56 Å². The van der Waals surface area contributed by atoms with Gasteiger partial charge in [-0.1, -0.05) is 0 Å². The fraction of sp³-hybridized carbons (Fsp3) is 0.545. The monoisotopic (exact) mass is 270 g/mol. The first-order valence-corrected chi connectivity index (χ1v) is 6.08. The van der Waals surface area contributed by atoms with Crippen LogP contribution >= 0.6 is 15.9 Å². The minimum atomic E-state index is 0.114. The summed E-state index contributed by atoms with van der Waals surface area (Å²) in [6, 6.07) is 3.82. The van der Waals surface area contributed by atoms with Crippen LogP contribution in [0.25, 0.3) is 0 Å². The molecule has 1 saturated heterocycles. The molecule has 0 aromatic carbocycles. The molecule has 2 rings (SSSR count). The molecule has 4 heteroatoms. The van der Waals surface area contributed by atoms with Crippen LogP contribution in [0.4, 0.5) is 0 Å². The standard InChI is InChI=1S/C11H15BrN2O/c1-8-10(12)2-3-11(15)14(8)9-4-6-13-7-5-9/h2-3,9,13H,4-7H2,1H3. The summed E-state index contributed by atoms with van der Waals surface area (Å²) in [5, 5.41) is 3.31. The van der Waals surface area contributed by atoms with E-state index in [4.69, 9.17) is 0 Å². The average Bonchev–Trinajstić information content (AvgIpc) is 2.26. The molecular formula is C11H15BrN2O. The van der Waals surface area contributed by atoms with Gasteiger partial charge in [-0.25, -0.2) is 0 Å². The lowest BCUT2D eigenvalue weighted by Crippen LogP contribution is -2.35. The number of aromatic nitrogens is 1. The van der Waals surface area contributed by atoms with E-state index < -0.39 is 0 Å². The molecule has 1 aromatic heterocycles. The molecule has 15 heavy (non-hydrogen) atoms. The lowest BCUT2D eigenvalue weighted by atomic mass is 10.1. The van der Waals surface area contributed by atoms with Crippen LogP contribution in [0.3, 0.4) is 0 Å². The molecule has 1 aliphatic heterocycles. The van der Waals surface area contributed by atoms with Gasteiger partial charge in [0.05, 0.1) is 0 Å². The Morgan fingerprint density at radius 1 is 1.40 bits per heavy atom. The minimum absolute atomic E-state index is 0.114. The molecule has 82 valence electrons. The van der Waals surface area contributed by atoms with E-state index in [1.807, 2.05) is 17.6 Å². The molecule has 1 fully saturated rings. The van der Waals surface area contributed by atoms with Crippen molar-refractivity contribution in [1.29, 1.82) is 0 Å². The lowest BCUT2D eigenvalue weighted by molar-refractivity contribution is 0.355. The van der Waals surface area contributed by atoms with Crippen LogP contribution < -0.4 is 10.9 Å². The first kappa shape index (κ1) is 10.9. The Morgan fingerprint density at radius 2 is 2.07 bits per heavy atom. The summed E-state index contributed by atoms with van der Waals surface area (Å²) < 4.78 is 2.94. The molecule has 2 heterocycles. The van der Waals surface area contributed by atoms with E-state index in [0.29, 0.717) is 6.04 Å². The zero-order valence-corrected chi connectivity index (χ0v) is 10.4. The molecule has 1 N–H and O–H groups in total. The molecule has 3 nitrogen and oxygen atoms in total.